The van der Waals surface area contributed by atoms with Gasteiger partial charge in [0.25, 0.3) is 0 Å². The fourth-order valence-corrected chi connectivity index (χ4v) is 9.97. The summed E-state index contributed by atoms with van der Waals surface area (Å²) in [5.41, 5.74) is -0.981. The summed E-state index contributed by atoms with van der Waals surface area (Å²) >= 11 is 0. The number of carboxylic acid groups (broad SMARTS) is 1. The molecule has 6 aliphatic rings. The first kappa shape index (κ1) is 39.8. The number of rotatable bonds is 14. The number of aliphatic hydroxyl groups is 7. The lowest BCUT2D eigenvalue weighted by Gasteiger charge is -2.49. The minimum absolute atomic E-state index is 0.0256. The SMILES string of the molecule is CC(CC=CC1CCCCC1)C(C[NH2+]CC1(O)C(OC2CCC3C(C2)[OH+]CC(C2CCC(O)CC2)C3O)OC(C(=O)[O-])C(O)C1O)CC1=C[CH+]N=C1. The molecule has 12 nitrogen and oxygen atoms in total. The summed E-state index contributed by atoms with van der Waals surface area (Å²) in [4.78, 5) is 16.2. The second kappa shape index (κ2) is 18.2. The molecule has 0 amide bonds. The van der Waals surface area contributed by atoms with Crippen LogP contribution in [0.1, 0.15) is 96.8 Å². The molecule has 292 valence electrons. The first-order valence-electron chi connectivity index (χ1n) is 20.2. The van der Waals surface area contributed by atoms with Gasteiger partial charge in [0, 0.05) is 18.8 Å². The van der Waals surface area contributed by atoms with Crippen molar-refractivity contribution in [1.82, 2.24) is 0 Å². The first-order chi connectivity index (χ1) is 25.0. The van der Waals surface area contributed by atoms with E-state index in [9.17, 15) is 35.4 Å². The molecule has 3 aliphatic heterocycles. The minimum atomic E-state index is -2.11. The number of fused-ring (bicyclic) bond motifs is 1. The Labute approximate surface area is 308 Å². The van der Waals surface area contributed by atoms with Crippen LogP contribution in [0.5, 0.6) is 0 Å². The highest BCUT2D eigenvalue weighted by Crippen LogP contribution is 2.43. The van der Waals surface area contributed by atoms with Crippen molar-refractivity contribution in [3.63, 3.8) is 0 Å². The van der Waals surface area contributed by atoms with Crippen LogP contribution in [0.15, 0.2) is 28.8 Å². The van der Waals surface area contributed by atoms with Gasteiger partial charge in [-0.2, -0.15) is 0 Å². The smallest absolute Gasteiger partial charge is 0.195 e. The molecule has 52 heavy (non-hydrogen) atoms. The number of aliphatic hydroxyl groups excluding tert-OH is 4. The van der Waals surface area contributed by atoms with Gasteiger partial charge in [0.2, 0.25) is 0 Å². The Hall–Kier alpha value is -1.87. The number of allylic oxidation sites excluding steroid dienone is 3. The molecule has 6 rings (SSSR count). The van der Waals surface area contributed by atoms with Gasteiger partial charge in [-0.15, -0.1) is 4.99 Å². The standard InChI is InChI=1S/C40H62N2O10/c1-24(6-5-9-25-7-3-2-4-8-25)28(18-26-16-17-41-20-26)21-42-23-40(49)37(46)35(45)36(38(47)48)52-39(40)51-30-14-15-31-33(19-30)50-22-32(34(31)44)27-10-12-29(43)13-11-27/h5,9,16-17,20,24-25,27-37,39,42-46,49H,2-4,6-8,10-15,18-19,21-23H2,1H3/p+2. The van der Waals surface area contributed by atoms with E-state index in [0.29, 0.717) is 50.2 Å². The molecule has 0 bridgehead atoms. The highest BCUT2D eigenvalue weighted by molar-refractivity contribution is 5.81. The normalized spacial score (nSPS) is 41.3. The molecule has 2 saturated heterocycles. The number of hydrogen-bond acceptors (Lipinski definition) is 10. The van der Waals surface area contributed by atoms with Gasteiger partial charge in [-0.3, -0.25) is 0 Å². The predicted molar refractivity (Wildman–Crippen MR) is 191 cm³/mol. The maximum Gasteiger partial charge on any atom is 0.195 e. The predicted octanol–water partition coefficient (Wildman–Crippen LogP) is 0.443. The van der Waals surface area contributed by atoms with E-state index in [1.807, 2.05) is 17.6 Å². The molecule has 3 heterocycles. The monoisotopic (exact) mass is 732 g/mol. The second-order valence-corrected chi connectivity index (χ2v) is 16.9. The summed E-state index contributed by atoms with van der Waals surface area (Å²) in [7, 11) is 0. The number of nitrogens with zero attached hydrogens (tertiary/aromatic N) is 1. The number of aliphatic imine (C=N–C) groups is 1. The summed E-state index contributed by atoms with van der Waals surface area (Å²) in [5.74, 6) is -0.117. The first-order valence-corrected chi connectivity index (χ1v) is 20.2. The van der Waals surface area contributed by atoms with Crippen molar-refractivity contribution >= 4 is 12.2 Å². The van der Waals surface area contributed by atoms with Crippen LogP contribution in [-0.4, -0.2) is 117 Å². The maximum absolute atomic E-state index is 12.1. The van der Waals surface area contributed by atoms with Crippen LogP contribution in [0.4, 0.5) is 0 Å². The molecular weight excluding hydrogens is 668 g/mol. The molecular formula is C40H64N2O10+2. The molecule has 0 aromatic carbocycles. The van der Waals surface area contributed by atoms with Gasteiger partial charge in [0.1, 0.15) is 37.0 Å². The molecule has 3 aliphatic carbocycles. The average Bonchev–Trinajstić information content (AvgIpc) is 3.66. The van der Waals surface area contributed by atoms with E-state index in [-0.39, 0.29) is 36.5 Å². The summed E-state index contributed by atoms with van der Waals surface area (Å²) in [5, 5.41) is 69.4. The highest BCUT2D eigenvalue weighted by Gasteiger charge is 2.59. The topological polar surface area (TPSA) is 202 Å². The van der Waals surface area contributed by atoms with E-state index < -0.39 is 48.4 Å². The van der Waals surface area contributed by atoms with Crippen molar-refractivity contribution < 1.29 is 55.0 Å². The van der Waals surface area contributed by atoms with Gasteiger partial charge in [0.05, 0.1) is 48.7 Å². The lowest BCUT2D eigenvalue weighted by molar-refractivity contribution is -0.680. The number of nitrogens with two attached hydrogens (primary N) is 1. The van der Waals surface area contributed by atoms with E-state index in [0.717, 1.165) is 44.1 Å². The number of aliphatic carboxylic acids is 1. The van der Waals surface area contributed by atoms with Crippen LogP contribution >= 0.6 is 0 Å². The van der Waals surface area contributed by atoms with Crippen LogP contribution in [0.25, 0.3) is 0 Å². The lowest BCUT2D eigenvalue weighted by Crippen LogP contribution is -2.93. The largest absolute Gasteiger partial charge is 0.547 e. The Kier molecular flexibility index (Phi) is 13.9. The van der Waals surface area contributed by atoms with Gasteiger partial charge >= 0.3 is 0 Å². The second-order valence-electron chi connectivity index (χ2n) is 16.9. The Morgan fingerprint density at radius 3 is 2.58 bits per heavy atom. The van der Waals surface area contributed by atoms with Gasteiger partial charge < -0.3 is 55.0 Å². The van der Waals surface area contributed by atoms with Crippen molar-refractivity contribution in [3.05, 3.63) is 30.3 Å². The van der Waals surface area contributed by atoms with E-state index in [4.69, 9.17) is 14.2 Å². The third-order valence-electron chi connectivity index (χ3n) is 13.4. The molecule has 5 fully saturated rings. The van der Waals surface area contributed by atoms with Gasteiger partial charge in [0.15, 0.2) is 30.8 Å². The van der Waals surface area contributed by atoms with Crippen molar-refractivity contribution in [3.8, 4) is 0 Å². The third-order valence-corrected chi connectivity index (χ3v) is 13.4. The molecule has 12 heteroatoms. The quantitative estimate of drug-likeness (QED) is 0.0833. The lowest BCUT2D eigenvalue weighted by atomic mass is 9.69. The van der Waals surface area contributed by atoms with Gasteiger partial charge in [-0.05, 0) is 75.5 Å². The van der Waals surface area contributed by atoms with E-state index in [1.165, 1.54) is 32.1 Å². The van der Waals surface area contributed by atoms with Crippen molar-refractivity contribution in [2.75, 3.05) is 19.7 Å². The van der Waals surface area contributed by atoms with Crippen molar-refractivity contribution in [1.29, 1.82) is 0 Å². The Morgan fingerprint density at radius 2 is 1.87 bits per heavy atom. The molecule has 12 atom stereocenters. The molecule has 8 N–H and O–H groups in total. The number of hydrogen-bond donors (Lipinski definition) is 6. The Bertz CT molecular complexity index is 1250. The highest BCUT2D eigenvalue weighted by atomic mass is 16.7. The molecule has 0 aromatic rings. The average molecular weight is 733 g/mol. The Balaban J connectivity index is 1.09. The fraction of sp³-hybridized carbons (Fsp3) is 0.825. The zero-order valence-corrected chi connectivity index (χ0v) is 30.8. The van der Waals surface area contributed by atoms with Crippen LogP contribution in [0.3, 0.4) is 0 Å². The number of quaternary nitrogens is 1. The van der Waals surface area contributed by atoms with E-state index in [2.05, 4.69) is 24.1 Å². The maximum atomic E-state index is 12.1. The van der Waals surface area contributed by atoms with Gasteiger partial charge in [-0.1, -0.05) is 38.3 Å². The number of carboxylic acids is 1. The van der Waals surface area contributed by atoms with Crippen LogP contribution < -0.4 is 10.4 Å². The third kappa shape index (κ3) is 9.49. The van der Waals surface area contributed by atoms with E-state index >= 15 is 0 Å². The summed E-state index contributed by atoms with van der Waals surface area (Å²) in [6, 6.07) is 0. The minimum Gasteiger partial charge on any atom is -0.547 e. The van der Waals surface area contributed by atoms with E-state index in [1.54, 1.807) is 6.54 Å². The van der Waals surface area contributed by atoms with Crippen LogP contribution in [0, 0.1) is 42.1 Å². The molecule has 12 unspecified atom stereocenters. The molecule has 3 saturated carbocycles. The molecule has 0 aromatic heterocycles. The van der Waals surface area contributed by atoms with Crippen LogP contribution in [0.2, 0.25) is 0 Å². The number of carbonyl (C=O) groups is 1. The Morgan fingerprint density at radius 1 is 1.10 bits per heavy atom. The zero-order valence-electron chi connectivity index (χ0n) is 30.8. The number of carbonyl (C=O) groups excluding carboxylic acids is 1. The fourth-order valence-electron chi connectivity index (χ4n) is 9.97. The zero-order chi connectivity index (χ0) is 36.8. The summed E-state index contributed by atoms with van der Waals surface area (Å²) < 4.78 is 17.1. The molecule has 0 spiro atoms. The molecule has 0 radical (unpaired) electrons. The summed E-state index contributed by atoms with van der Waals surface area (Å²) in [6.45, 7) is 5.09. The number of ether oxygens (including phenoxy) is 3. The van der Waals surface area contributed by atoms with Gasteiger partial charge in [-0.25, -0.2) is 0 Å². The van der Waals surface area contributed by atoms with Crippen molar-refractivity contribution in [2.45, 2.75) is 151 Å². The van der Waals surface area contributed by atoms with Crippen LogP contribution in [-0.2, 0) is 14.3 Å². The van der Waals surface area contributed by atoms with Crippen molar-refractivity contribution in [2.24, 2.45) is 40.5 Å². The summed E-state index contributed by atoms with van der Waals surface area (Å²) in [6.07, 6.45) is 13.1.